The lowest BCUT2D eigenvalue weighted by molar-refractivity contribution is -0.135. The lowest BCUT2D eigenvalue weighted by Gasteiger charge is -2.33. The van der Waals surface area contributed by atoms with Gasteiger partial charge in [0.2, 0.25) is 11.8 Å². The number of ether oxygens (including phenoxy) is 1. The zero-order valence-corrected chi connectivity index (χ0v) is 14.2. The molecular weight excluding hydrogens is 306 g/mol. The number of carbonyl (C=O) groups is 2. The van der Waals surface area contributed by atoms with E-state index in [1.54, 1.807) is 18.3 Å². The van der Waals surface area contributed by atoms with Gasteiger partial charge in [-0.15, -0.1) is 0 Å². The van der Waals surface area contributed by atoms with Crippen LogP contribution in [0.5, 0.6) is 5.88 Å². The van der Waals surface area contributed by atoms with Crippen LogP contribution in [0, 0.1) is 5.92 Å². The fourth-order valence-corrected chi connectivity index (χ4v) is 3.50. The van der Waals surface area contributed by atoms with Crippen LogP contribution in [0.2, 0.25) is 0 Å². The summed E-state index contributed by atoms with van der Waals surface area (Å²) in [7, 11) is 0. The van der Waals surface area contributed by atoms with Crippen LogP contribution in [0.4, 0.5) is 0 Å². The molecule has 0 unspecified atom stereocenters. The van der Waals surface area contributed by atoms with E-state index in [2.05, 4.69) is 4.98 Å². The van der Waals surface area contributed by atoms with Gasteiger partial charge in [0, 0.05) is 38.3 Å². The minimum absolute atomic E-state index is 0.0568. The molecule has 0 spiro atoms. The van der Waals surface area contributed by atoms with E-state index in [1.165, 1.54) is 0 Å². The maximum Gasteiger partial charge on any atom is 0.259 e. The third kappa shape index (κ3) is 3.52. The molecule has 24 heavy (non-hydrogen) atoms. The number of carbonyl (C=O) groups excluding carboxylic acids is 2. The monoisotopic (exact) mass is 331 g/mol. The Morgan fingerprint density at radius 3 is 2.54 bits per heavy atom. The highest BCUT2D eigenvalue weighted by Gasteiger charge is 2.32. The van der Waals surface area contributed by atoms with E-state index in [-0.39, 0.29) is 17.7 Å². The van der Waals surface area contributed by atoms with Crippen molar-refractivity contribution < 1.29 is 14.3 Å². The molecule has 3 heterocycles. The SMILES string of the molecule is CCOc1ncccc1C(=O)N1CCC(C(=O)N2CCCC2)CC1. The zero-order chi connectivity index (χ0) is 16.9. The second-order valence-corrected chi connectivity index (χ2v) is 6.39. The number of nitrogens with zero attached hydrogens (tertiary/aromatic N) is 3. The van der Waals surface area contributed by atoms with E-state index in [0.717, 1.165) is 38.8 Å². The van der Waals surface area contributed by atoms with Gasteiger partial charge in [0.15, 0.2) is 0 Å². The Morgan fingerprint density at radius 1 is 1.17 bits per heavy atom. The number of piperidine rings is 1. The minimum Gasteiger partial charge on any atom is -0.477 e. The number of hydrogen-bond donors (Lipinski definition) is 0. The van der Waals surface area contributed by atoms with Gasteiger partial charge in [-0.2, -0.15) is 0 Å². The standard InChI is InChI=1S/C18H25N3O3/c1-2-24-16-15(6-5-9-19-16)18(23)21-12-7-14(8-13-21)17(22)20-10-3-4-11-20/h5-6,9,14H,2-4,7-8,10-13H2,1H3. The van der Waals surface area contributed by atoms with Crippen LogP contribution >= 0.6 is 0 Å². The van der Waals surface area contributed by atoms with Crippen molar-refractivity contribution in [1.82, 2.24) is 14.8 Å². The summed E-state index contributed by atoms with van der Waals surface area (Å²) in [6.07, 6.45) is 5.34. The molecule has 0 aliphatic carbocycles. The second kappa shape index (κ2) is 7.64. The van der Waals surface area contributed by atoms with Crippen molar-refractivity contribution in [3.8, 4) is 5.88 Å². The van der Waals surface area contributed by atoms with E-state index in [9.17, 15) is 9.59 Å². The second-order valence-electron chi connectivity index (χ2n) is 6.39. The molecule has 0 N–H and O–H groups in total. The average molecular weight is 331 g/mol. The summed E-state index contributed by atoms with van der Waals surface area (Å²) in [5.41, 5.74) is 0.503. The van der Waals surface area contributed by atoms with Crippen LogP contribution in [-0.4, -0.2) is 59.4 Å². The van der Waals surface area contributed by atoms with Crippen molar-refractivity contribution in [2.24, 2.45) is 5.92 Å². The molecular formula is C18H25N3O3. The Labute approximate surface area is 142 Å². The molecule has 2 saturated heterocycles. The summed E-state index contributed by atoms with van der Waals surface area (Å²) >= 11 is 0. The molecule has 1 aromatic rings. The van der Waals surface area contributed by atoms with Gasteiger partial charge in [-0.3, -0.25) is 9.59 Å². The van der Waals surface area contributed by atoms with Gasteiger partial charge < -0.3 is 14.5 Å². The quantitative estimate of drug-likeness (QED) is 0.846. The number of rotatable bonds is 4. The zero-order valence-electron chi connectivity index (χ0n) is 14.2. The summed E-state index contributed by atoms with van der Waals surface area (Å²) in [5, 5.41) is 0. The molecule has 6 nitrogen and oxygen atoms in total. The van der Waals surface area contributed by atoms with Crippen LogP contribution in [-0.2, 0) is 4.79 Å². The Hall–Kier alpha value is -2.11. The molecule has 2 amide bonds. The molecule has 0 saturated carbocycles. The Morgan fingerprint density at radius 2 is 1.88 bits per heavy atom. The highest BCUT2D eigenvalue weighted by molar-refractivity contribution is 5.96. The summed E-state index contributed by atoms with van der Waals surface area (Å²) in [6, 6.07) is 3.50. The largest absolute Gasteiger partial charge is 0.477 e. The minimum atomic E-state index is -0.0568. The molecule has 2 fully saturated rings. The Kier molecular flexibility index (Phi) is 5.33. The molecule has 6 heteroatoms. The molecule has 2 aliphatic heterocycles. The first-order valence-corrected chi connectivity index (χ1v) is 8.86. The number of pyridine rings is 1. The summed E-state index contributed by atoms with van der Waals surface area (Å²) < 4.78 is 5.46. The van der Waals surface area contributed by atoms with Gasteiger partial charge in [-0.05, 0) is 44.7 Å². The normalized spacial score (nSPS) is 18.7. The summed E-state index contributed by atoms with van der Waals surface area (Å²) in [5.74, 6) is 0.669. The van der Waals surface area contributed by atoms with Gasteiger partial charge in [-0.1, -0.05) is 0 Å². The van der Waals surface area contributed by atoms with Crippen molar-refractivity contribution in [1.29, 1.82) is 0 Å². The van der Waals surface area contributed by atoms with E-state index in [1.807, 2.05) is 16.7 Å². The van der Waals surface area contributed by atoms with Crippen molar-refractivity contribution in [3.05, 3.63) is 23.9 Å². The van der Waals surface area contributed by atoms with E-state index < -0.39 is 0 Å². The number of likely N-dealkylation sites (tertiary alicyclic amines) is 2. The first kappa shape index (κ1) is 16.7. The third-order valence-corrected chi connectivity index (χ3v) is 4.83. The third-order valence-electron chi connectivity index (χ3n) is 4.83. The molecule has 3 rings (SSSR count). The number of hydrogen-bond acceptors (Lipinski definition) is 4. The highest BCUT2D eigenvalue weighted by atomic mass is 16.5. The van der Waals surface area contributed by atoms with E-state index >= 15 is 0 Å². The molecule has 0 aromatic carbocycles. The average Bonchev–Trinajstić information content (AvgIpc) is 3.16. The van der Waals surface area contributed by atoms with Crippen LogP contribution in [0.3, 0.4) is 0 Å². The Bertz CT molecular complexity index is 591. The number of amides is 2. The number of aromatic nitrogens is 1. The Balaban J connectivity index is 1.60. The maximum atomic E-state index is 12.7. The summed E-state index contributed by atoms with van der Waals surface area (Å²) in [6.45, 7) is 5.37. The summed E-state index contributed by atoms with van der Waals surface area (Å²) in [4.78, 5) is 33.2. The molecule has 130 valence electrons. The van der Waals surface area contributed by atoms with Gasteiger partial charge in [0.05, 0.1) is 6.61 Å². The van der Waals surface area contributed by atoms with Crippen LogP contribution < -0.4 is 4.74 Å². The van der Waals surface area contributed by atoms with Crippen LogP contribution in [0.25, 0.3) is 0 Å². The van der Waals surface area contributed by atoms with Crippen molar-refractivity contribution in [2.75, 3.05) is 32.8 Å². The molecule has 2 aliphatic rings. The van der Waals surface area contributed by atoms with Gasteiger partial charge in [0.1, 0.15) is 5.56 Å². The molecule has 0 bridgehead atoms. The predicted octanol–water partition coefficient (Wildman–Crippen LogP) is 1.95. The highest BCUT2D eigenvalue weighted by Crippen LogP contribution is 2.24. The van der Waals surface area contributed by atoms with Gasteiger partial charge in [-0.25, -0.2) is 4.98 Å². The van der Waals surface area contributed by atoms with Crippen molar-refractivity contribution in [2.45, 2.75) is 32.6 Å². The molecule has 1 aromatic heterocycles. The van der Waals surface area contributed by atoms with Crippen molar-refractivity contribution >= 4 is 11.8 Å². The molecule has 0 radical (unpaired) electrons. The first-order valence-electron chi connectivity index (χ1n) is 8.86. The van der Waals surface area contributed by atoms with Crippen LogP contribution in [0.15, 0.2) is 18.3 Å². The lowest BCUT2D eigenvalue weighted by Crippen LogP contribution is -2.43. The van der Waals surface area contributed by atoms with Gasteiger partial charge in [0.25, 0.3) is 5.91 Å². The van der Waals surface area contributed by atoms with Crippen molar-refractivity contribution in [3.63, 3.8) is 0 Å². The van der Waals surface area contributed by atoms with E-state index in [4.69, 9.17) is 4.74 Å². The fourth-order valence-electron chi connectivity index (χ4n) is 3.50. The first-order chi connectivity index (χ1) is 11.7. The molecule has 0 atom stereocenters. The smallest absolute Gasteiger partial charge is 0.259 e. The predicted molar refractivity (Wildman–Crippen MR) is 89.8 cm³/mol. The van der Waals surface area contributed by atoms with E-state index in [0.29, 0.717) is 31.1 Å². The topological polar surface area (TPSA) is 62.7 Å². The maximum absolute atomic E-state index is 12.7. The van der Waals surface area contributed by atoms with Crippen LogP contribution in [0.1, 0.15) is 43.0 Å². The fraction of sp³-hybridized carbons (Fsp3) is 0.611. The lowest BCUT2D eigenvalue weighted by atomic mass is 9.95. The van der Waals surface area contributed by atoms with Gasteiger partial charge >= 0.3 is 0 Å².